The Kier molecular flexibility index (Phi) is 4.68. The average Bonchev–Trinajstić information content (AvgIpc) is 2.80. The van der Waals surface area contributed by atoms with Gasteiger partial charge in [0.05, 0.1) is 13.7 Å². The van der Waals surface area contributed by atoms with Crippen molar-refractivity contribution in [3.8, 4) is 5.75 Å². The van der Waals surface area contributed by atoms with Gasteiger partial charge in [-0.05, 0) is 36.2 Å². The zero-order valence-corrected chi connectivity index (χ0v) is 15.0. The Morgan fingerprint density at radius 3 is 2.35 bits per heavy atom. The normalized spacial score (nSPS) is 20.0. The number of methoxy groups -OCH3 is 1. The van der Waals surface area contributed by atoms with Crippen molar-refractivity contribution in [3.63, 3.8) is 0 Å². The van der Waals surface area contributed by atoms with Crippen LogP contribution in [0.2, 0.25) is 0 Å². The molecule has 1 fully saturated rings. The Hall–Kier alpha value is -2.89. The van der Waals surface area contributed by atoms with Gasteiger partial charge in [0.25, 0.3) is 5.91 Å². The summed E-state index contributed by atoms with van der Waals surface area (Å²) in [6, 6.07) is 13.1. The van der Waals surface area contributed by atoms with E-state index < -0.39 is 5.54 Å². The van der Waals surface area contributed by atoms with Crippen LogP contribution in [0.15, 0.2) is 48.5 Å². The number of rotatable bonds is 5. The van der Waals surface area contributed by atoms with Crippen LogP contribution in [0.1, 0.15) is 18.1 Å². The predicted octanol–water partition coefficient (Wildman–Crippen LogP) is 3.23. The van der Waals surface area contributed by atoms with Crippen molar-refractivity contribution in [3.05, 3.63) is 65.5 Å². The Bertz CT molecular complexity index is 837. The monoisotopic (exact) mass is 356 g/mol. The third-order valence-electron chi connectivity index (χ3n) is 4.96. The lowest BCUT2D eigenvalue weighted by molar-refractivity contribution is -0.132. The third-order valence-corrected chi connectivity index (χ3v) is 4.96. The molecule has 0 bridgehead atoms. The zero-order chi connectivity index (χ0) is 18.9. The quantitative estimate of drug-likeness (QED) is 0.773. The standard InChI is InChI=1S/C20H21FN2O3/c1-20(12-15-6-4-5-7-17(15)21)18(24)23(19(25)22(20)2)13-14-8-10-16(26-3)11-9-14/h4-11H,12-13H2,1-3H3. The van der Waals surface area contributed by atoms with Crippen LogP contribution in [0.4, 0.5) is 9.18 Å². The van der Waals surface area contributed by atoms with Gasteiger partial charge in [0, 0.05) is 13.5 Å². The summed E-state index contributed by atoms with van der Waals surface area (Å²) in [7, 11) is 3.15. The second-order valence-electron chi connectivity index (χ2n) is 6.62. The molecule has 26 heavy (non-hydrogen) atoms. The summed E-state index contributed by atoms with van der Waals surface area (Å²) in [4.78, 5) is 28.3. The van der Waals surface area contributed by atoms with Gasteiger partial charge in [0.2, 0.25) is 0 Å². The number of imide groups is 1. The second kappa shape index (κ2) is 6.78. The molecule has 0 spiro atoms. The van der Waals surface area contributed by atoms with Crippen molar-refractivity contribution in [2.75, 3.05) is 14.2 Å². The van der Waals surface area contributed by atoms with Gasteiger partial charge in [-0.1, -0.05) is 30.3 Å². The molecule has 2 aromatic rings. The number of ether oxygens (including phenoxy) is 1. The molecule has 0 saturated carbocycles. The van der Waals surface area contributed by atoms with Gasteiger partial charge >= 0.3 is 6.03 Å². The van der Waals surface area contributed by atoms with Crippen LogP contribution in [-0.2, 0) is 17.8 Å². The van der Waals surface area contributed by atoms with Gasteiger partial charge in [-0.3, -0.25) is 9.69 Å². The van der Waals surface area contributed by atoms with E-state index >= 15 is 0 Å². The van der Waals surface area contributed by atoms with Crippen LogP contribution < -0.4 is 4.74 Å². The lowest BCUT2D eigenvalue weighted by atomic mass is 9.91. The van der Waals surface area contributed by atoms with E-state index in [0.29, 0.717) is 11.3 Å². The van der Waals surface area contributed by atoms with Crippen LogP contribution in [0.3, 0.4) is 0 Å². The minimum atomic E-state index is -1.12. The predicted molar refractivity (Wildman–Crippen MR) is 95.2 cm³/mol. The fourth-order valence-electron chi connectivity index (χ4n) is 3.17. The average molecular weight is 356 g/mol. The number of likely N-dealkylation sites (N-methyl/N-ethyl adjacent to an activating group) is 1. The molecule has 0 radical (unpaired) electrons. The smallest absolute Gasteiger partial charge is 0.327 e. The number of nitrogens with zero attached hydrogens (tertiary/aromatic N) is 2. The number of amides is 3. The molecule has 0 aromatic heterocycles. The molecule has 1 aliphatic rings. The summed E-state index contributed by atoms with van der Waals surface area (Å²) in [5.74, 6) is -0.00520. The summed E-state index contributed by atoms with van der Waals surface area (Å²) >= 11 is 0. The zero-order valence-electron chi connectivity index (χ0n) is 15.0. The summed E-state index contributed by atoms with van der Waals surface area (Å²) < 4.78 is 19.2. The highest BCUT2D eigenvalue weighted by Gasteiger charge is 2.52. The number of hydrogen-bond donors (Lipinski definition) is 0. The Morgan fingerprint density at radius 2 is 1.73 bits per heavy atom. The van der Waals surface area contributed by atoms with Gasteiger partial charge in [-0.25, -0.2) is 9.18 Å². The fourth-order valence-corrected chi connectivity index (χ4v) is 3.17. The van der Waals surface area contributed by atoms with Crippen molar-refractivity contribution in [2.24, 2.45) is 0 Å². The molecule has 5 nitrogen and oxygen atoms in total. The van der Waals surface area contributed by atoms with E-state index in [0.717, 1.165) is 5.56 Å². The van der Waals surface area contributed by atoms with Gasteiger partial charge in [-0.15, -0.1) is 0 Å². The van der Waals surface area contributed by atoms with Gasteiger partial charge < -0.3 is 9.64 Å². The molecule has 0 N–H and O–H groups in total. The van der Waals surface area contributed by atoms with E-state index in [9.17, 15) is 14.0 Å². The van der Waals surface area contributed by atoms with E-state index in [-0.39, 0.29) is 30.7 Å². The first-order valence-electron chi connectivity index (χ1n) is 8.33. The van der Waals surface area contributed by atoms with E-state index in [1.54, 1.807) is 51.4 Å². The molecule has 2 aromatic carbocycles. The van der Waals surface area contributed by atoms with Crippen molar-refractivity contribution in [1.29, 1.82) is 0 Å². The lowest BCUT2D eigenvalue weighted by Crippen LogP contribution is -2.47. The summed E-state index contributed by atoms with van der Waals surface area (Å²) in [6.45, 7) is 1.84. The maximum atomic E-state index is 14.0. The number of halogens is 1. The first kappa shape index (κ1) is 17.9. The van der Waals surface area contributed by atoms with Gasteiger partial charge in [0.15, 0.2) is 0 Å². The number of urea groups is 1. The highest BCUT2D eigenvalue weighted by molar-refractivity contribution is 6.06. The fraction of sp³-hybridized carbons (Fsp3) is 0.300. The van der Waals surface area contributed by atoms with E-state index in [2.05, 4.69) is 0 Å². The SMILES string of the molecule is COc1ccc(CN2C(=O)N(C)C(C)(Cc3ccccc3F)C2=O)cc1. The Morgan fingerprint density at radius 1 is 1.08 bits per heavy atom. The third kappa shape index (κ3) is 3.03. The van der Waals surface area contributed by atoms with Crippen LogP contribution in [0.5, 0.6) is 5.75 Å². The van der Waals surface area contributed by atoms with Crippen LogP contribution >= 0.6 is 0 Å². The largest absolute Gasteiger partial charge is 0.497 e. The molecule has 0 aliphatic carbocycles. The molecule has 6 heteroatoms. The molecule has 136 valence electrons. The molecule has 1 unspecified atom stereocenters. The Labute approximate surface area is 152 Å². The summed E-state index contributed by atoms with van der Waals surface area (Å²) in [5.41, 5.74) is 0.108. The van der Waals surface area contributed by atoms with E-state index in [4.69, 9.17) is 4.74 Å². The Balaban J connectivity index is 1.84. The molecule has 1 atom stereocenters. The highest BCUT2D eigenvalue weighted by atomic mass is 19.1. The van der Waals surface area contributed by atoms with E-state index in [1.165, 1.54) is 15.9 Å². The highest BCUT2D eigenvalue weighted by Crippen LogP contribution is 2.32. The van der Waals surface area contributed by atoms with Crippen molar-refractivity contribution < 1.29 is 18.7 Å². The maximum absolute atomic E-state index is 14.0. The minimum Gasteiger partial charge on any atom is -0.497 e. The lowest BCUT2D eigenvalue weighted by Gasteiger charge is -2.28. The van der Waals surface area contributed by atoms with Crippen LogP contribution in [0.25, 0.3) is 0 Å². The maximum Gasteiger partial charge on any atom is 0.327 e. The molecule has 1 aliphatic heterocycles. The molecular weight excluding hydrogens is 335 g/mol. The molecule has 1 saturated heterocycles. The number of carbonyl (C=O) groups excluding carboxylic acids is 2. The topological polar surface area (TPSA) is 49.9 Å². The minimum absolute atomic E-state index is 0.125. The second-order valence-corrected chi connectivity index (χ2v) is 6.62. The molecule has 1 heterocycles. The van der Waals surface area contributed by atoms with E-state index in [1.807, 2.05) is 12.1 Å². The summed E-state index contributed by atoms with van der Waals surface area (Å²) in [6.07, 6.45) is 0.125. The van der Waals surface area contributed by atoms with Gasteiger partial charge in [0.1, 0.15) is 17.1 Å². The van der Waals surface area contributed by atoms with Crippen molar-refractivity contribution in [1.82, 2.24) is 9.80 Å². The van der Waals surface area contributed by atoms with Gasteiger partial charge in [-0.2, -0.15) is 0 Å². The molecule has 3 rings (SSSR count). The number of hydrogen-bond acceptors (Lipinski definition) is 3. The molecular formula is C20H21FN2O3. The summed E-state index contributed by atoms with van der Waals surface area (Å²) in [5, 5.41) is 0. The molecule has 3 amide bonds. The first-order valence-corrected chi connectivity index (χ1v) is 8.33. The van der Waals surface area contributed by atoms with Crippen LogP contribution in [0, 0.1) is 5.82 Å². The van der Waals surface area contributed by atoms with Crippen LogP contribution in [-0.4, -0.2) is 41.4 Å². The van der Waals surface area contributed by atoms with Crippen molar-refractivity contribution >= 4 is 11.9 Å². The number of carbonyl (C=O) groups is 2. The number of benzene rings is 2. The first-order chi connectivity index (χ1) is 12.4. The van der Waals surface area contributed by atoms with Crippen molar-refractivity contribution in [2.45, 2.75) is 25.4 Å².